The van der Waals surface area contributed by atoms with Crippen LogP contribution in [0.2, 0.25) is 0 Å². The van der Waals surface area contributed by atoms with Gasteiger partial charge < -0.3 is 20.4 Å². The van der Waals surface area contributed by atoms with Crippen LogP contribution in [0.4, 0.5) is 17.1 Å². The highest BCUT2D eigenvalue weighted by Gasteiger charge is 2.20. The van der Waals surface area contributed by atoms with Gasteiger partial charge in [0.1, 0.15) is 5.69 Å². The van der Waals surface area contributed by atoms with Gasteiger partial charge in [-0.2, -0.15) is 0 Å². The van der Waals surface area contributed by atoms with Crippen molar-refractivity contribution in [2.24, 2.45) is 0 Å². The first-order valence-electron chi connectivity index (χ1n) is 10.7. The molecule has 1 fully saturated rings. The summed E-state index contributed by atoms with van der Waals surface area (Å²) < 4.78 is 0. The van der Waals surface area contributed by atoms with Gasteiger partial charge in [-0.15, -0.1) is 0 Å². The average molecular weight is 440 g/mol. The molecular weight excluding hydrogens is 410 g/mol. The molecule has 1 saturated heterocycles. The quantitative estimate of drug-likeness (QED) is 0.297. The zero-order chi connectivity index (χ0) is 23.1. The van der Waals surface area contributed by atoms with Crippen LogP contribution in [0.1, 0.15) is 17.5 Å². The maximum absolute atomic E-state index is 12.1. The predicted octanol–water partition coefficient (Wildman–Crippen LogP) is 2.34. The molecule has 2 amide bonds. The van der Waals surface area contributed by atoms with Crippen molar-refractivity contribution in [3.63, 3.8) is 0 Å². The normalized spacial score (nSPS) is 14.1. The molecule has 1 aliphatic rings. The molecule has 0 aromatic heterocycles. The number of anilines is 2. The zero-order valence-electron chi connectivity index (χ0n) is 18.5. The Hall–Kier alpha value is -3.46. The van der Waals surface area contributed by atoms with Crippen molar-refractivity contribution >= 4 is 28.9 Å². The Kier molecular flexibility index (Phi) is 7.77. The number of nitrogens with one attached hydrogen (secondary N) is 2. The average Bonchev–Trinajstić information content (AvgIpc) is 2.78. The first-order valence-corrected chi connectivity index (χ1v) is 10.7. The Labute approximate surface area is 187 Å². The lowest BCUT2D eigenvalue weighted by molar-refractivity contribution is -0.384. The molecule has 2 aromatic rings. The molecule has 0 spiro atoms. The minimum atomic E-state index is -0.923. The molecule has 0 saturated carbocycles. The molecule has 9 heteroatoms. The van der Waals surface area contributed by atoms with Gasteiger partial charge in [0.15, 0.2) is 0 Å². The van der Waals surface area contributed by atoms with Crippen molar-refractivity contribution < 1.29 is 14.5 Å². The molecule has 2 N–H and O–H groups in total. The topological polar surface area (TPSA) is 108 Å². The van der Waals surface area contributed by atoms with E-state index in [0.29, 0.717) is 18.5 Å². The SMILES string of the molecule is Cc1ccc(NC(=O)C(=O)NCCCc2ccc(N3CCN(C)CC3)cc2)c([N+](=O)[O-])c1. The predicted molar refractivity (Wildman–Crippen MR) is 124 cm³/mol. The number of likely N-dealkylation sites (N-methyl/N-ethyl adjacent to an activating group) is 1. The van der Waals surface area contributed by atoms with E-state index in [9.17, 15) is 19.7 Å². The number of carbonyl (C=O) groups excluding carboxylic acids is 2. The number of amides is 2. The Morgan fingerprint density at radius 1 is 1.03 bits per heavy atom. The number of hydrogen-bond donors (Lipinski definition) is 2. The number of hydrogen-bond acceptors (Lipinski definition) is 6. The summed E-state index contributed by atoms with van der Waals surface area (Å²) in [7, 11) is 2.13. The molecule has 2 aromatic carbocycles. The van der Waals surface area contributed by atoms with Crippen molar-refractivity contribution in [2.45, 2.75) is 19.8 Å². The maximum atomic E-state index is 12.1. The lowest BCUT2D eigenvalue weighted by Crippen LogP contribution is -2.44. The number of piperazine rings is 1. The summed E-state index contributed by atoms with van der Waals surface area (Å²) in [5.74, 6) is -1.74. The zero-order valence-corrected chi connectivity index (χ0v) is 18.5. The highest BCUT2D eigenvalue weighted by Crippen LogP contribution is 2.25. The molecule has 32 heavy (non-hydrogen) atoms. The fraction of sp³-hybridized carbons (Fsp3) is 0.391. The molecule has 170 valence electrons. The lowest BCUT2D eigenvalue weighted by Gasteiger charge is -2.34. The van der Waals surface area contributed by atoms with Gasteiger partial charge >= 0.3 is 11.8 Å². The van der Waals surface area contributed by atoms with Crippen molar-refractivity contribution in [2.75, 3.05) is 50.0 Å². The molecule has 0 radical (unpaired) electrons. The van der Waals surface area contributed by atoms with Crippen molar-refractivity contribution in [3.05, 3.63) is 63.7 Å². The minimum absolute atomic E-state index is 0.00110. The van der Waals surface area contributed by atoms with E-state index < -0.39 is 16.7 Å². The van der Waals surface area contributed by atoms with E-state index in [-0.39, 0.29) is 11.4 Å². The van der Waals surface area contributed by atoms with Gasteiger partial charge in [-0.1, -0.05) is 18.2 Å². The van der Waals surface area contributed by atoms with E-state index in [1.165, 1.54) is 17.8 Å². The van der Waals surface area contributed by atoms with Crippen molar-refractivity contribution in [3.8, 4) is 0 Å². The third-order valence-electron chi connectivity index (χ3n) is 5.54. The van der Waals surface area contributed by atoms with Crippen LogP contribution < -0.4 is 15.5 Å². The third kappa shape index (κ3) is 6.27. The van der Waals surface area contributed by atoms with Crippen LogP contribution in [0.25, 0.3) is 0 Å². The molecule has 9 nitrogen and oxygen atoms in total. The number of nitrogens with zero attached hydrogens (tertiary/aromatic N) is 3. The second kappa shape index (κ2) is 10.7. The van der Waals surface area contributed by atoms with Gasteiger partial charge in [0.05, 0.1) is 4.92 Å². The van der Waals surface area contributed by atoms with E-state index in [4.69, 9.17) is 0 Å². The van der Waals surface area contributed by atoms with E-state index in [2.05, 4.69) is 51.7 Å². The minimum Gasteiger partial charge on any atom is -0.369 e. The Bertz CT molecular complexity index is 969. The summed E-state index contributed by atoms with van der Waals surface area (Å²) in [6.45, 7) is 6.22. The smallest absolute Gasteiger partial charge is 0.313 e. The lowest BCUT2D eigenvalue weighted by atomic mass is 10.1. The summed E-state index contributed by atoms with van der Waals surface area (Å²) in [4.78, 5) is 39.4. The molecule has 3 rings (SSSR count). The van der Waals surface area contributed by atoms with Crippen LogP contribution in [0, 0.1) is 17.0 Å². The molecule has 1 heterocycles. The first kappa shape index (κ1) is 23.2. The molecule has 0 atom stereocenters. The highest BCUT2D eigenvalue weighted by atomic mass is 16.6. The molecule has 0 aliphatic carbocycles. The number of nitro benzene ring substituents is 1. The fourth-order valence-corrected chi connectivity index (χ4v) is 3.59. The number of aryl methyl sites for hydroxylation is 2. The summed E-state index contributed by atoms with van der Waals surface area (Å²) in [6, 6.07) is 12.8. The van der Waals surface area contributed by atoms with Crippen LogP contribution >= 0.6 is 0 Å². The van der Waals surface area contributed by atoms with Gasteiger partial charge in [-0.3, -0.25) is 19.7 Å². The number of rotatable bonds is 7. The van der Waals surface area contributed by atoms with Crippen LogP contribution in [0.3, 0.4) is 0 Å². The summed E-state index contributed by atoms with van der Waals surface area (Å²) in [6.07, 6.45) is 1.45. The van der Waals surface area contributed by atoms with Gasteiger partial charge in [-0.25, -0.2) is 0 Å². The Balaban J connectivity index is 1.42. The summed E-state index contributed by atoms with van der Waals surface area (Å²) in [5, 5.41) is 16.0. The van der Waals surface area contributed by atoms with E-state index >= 15 is 0 Å². The maximum Gasteiger partial charge on any atom is 0.313 e. The third-order valence-corrected chi connectivity index (χ3v) is 5.54. The van der Waals surface area contributed by atoms with Gasteiger partial charge in [-0.05, 0) is 56.1 Å². The molecule has 0 unspecified atom stereocenters. The van der Waals surface area contributed by atoms with Gasteiger partial charge in [0.25, 0.3) is 5.69 Å². The van der Waals surface area contributed by atoms with Gasteiger partial charge in [0.2, 0.25) is 0 Å². The van der Waals surface area contributed by atoms with Crippen LogP contribution in [-0.4, -0.2) is 61.4 Å². The van der Waals surface area contributed by atoms with E-state index in [1.807, 2.05) is 0 Å². The summed E-state index contributed by atoms with van der Waals surface area (Å²) >= 11 is 0. The van der Waals surface area contributed by atoms with Gasteiger partial charge in [0, 0.05) is 44.5 Å². The summed E-state index contributed by atoms with van der Waals surface area (Å²) in [5.41, 5.74) is 2.83. The second-order valence-corrected chi connectivity index (χ2v) is 8.05. The Morgan fingerprint density at radius 3 is 2.38 bits per heavy atom. The highest BCUT2D eigenvalue weighted by molar-refractivity contribution is 6.39. The second-order valence-electron chi connectivity index (χ2n) is 8.05. The van der Waals surface area contributed by atoms with Crippen molar-refractivity contribution in [1.29, 1.82) is 0 Å². The molecule has 0 bridgehead atoms. The number of benzene rings is 2. The van der Waals surface area contributed by atoms with Crippen LogP contribution in [0.15, 0.2) is 42.5 Å². The standard InChI is InChI=1S/C23H29N5O4/c1-17-5-10-20(21(16-17)28(31)32)25-23(30)22(29)24-11-3-4-18-6-8-19(9-7-18)27-14-12-26(2)13-15-27/h5-10,16H,3-4,11-15H2,1-2H3,(H,24,29)(H,25,30). The number of nitro groups is 1. The van der Waals surface area contributed by atoms with E-state index in [1.54, 1.807) is 13.0 Å². The molecule has 1 aliphatic heterocycles. The molecular formula is C23H29N5O4. The largest absolute Gasteiger partial charge is 0.369 e. The fourth-order valence-electron chi connectivity index (χ4n) is 3.59. The monoisotopic (exact) mass is 439 g/mol. The van der Waals surface area contributed by atoms with E-state index in [0.717, 1.165) is 38.2 Å². The van der Waals surface area contributed by atoms with Crippen molar-refractivity contribution in [1.82, 2.24) is 10.2 Å². The van der Waals surface area contributed by atoms with Crippen LogP contribution in [0.5, 0.6) is 0 Å². The first-order chi connectivity index (χ1) is 15.3. The Morgan fingerprint density at radius 2 is 1.72 bits per heavy atom. The number of carbonyl (C=O) groups is 2. The van der Waals surface area contributed by atoms with Crippen LogP contribution in [-0.2, 0) is 16.0 Å².